The van der Waals surface area contributed by atoms with Gasteiger partial charge in [-0.1, -0.05) is 6.92 Å². The van der Waals surface area contributed by atoms with Crippen LogP contribution in [-0.2, 0) is 9.53 Å². The van der Waals surface area contributed by atoms with Crippen LogP contribution in [0, 0.1) is 5.92 Å². The molecule has 0 aromatic rings. The molecular weight excluding hydrogens is 202 g/mol. The third-order valence-electron chi connectivity index (χ3n) is 4.15. The summed E-state index contributed by atoms with van der Waals surface area (Å²) in [5, 5.41) is 0. The quantitative estimate of drug-likeness (QED) is 0.718. The van der Waals surface area contributed by atoms with Gasteiger partial charge < -0.3 is 4.74 Å². The number of carbonyl (C=O) groups excluding carboxylic acids is 1. The predicted octanol–water partition coefficient (Wildman–Crippen LogP) is 1.85. The second-order valence-electron chi connectivity index (χ2n) is 5.29. The van der Waals surface area contributed by atoms with Crippen molar-refractivity contribution in [1.82, 2.24) is 4.90 Å². The number of nitrogens with zero attached hydrogens (tertiary/aromatic N) is 1. The van der Waals surface area contributed by atoms with E-state index in [1.807, 2.05) is 7.11 Å². The molecule has 2 rings (SSSR count). The Hall–Kier alpha value is -0.410. The number of hydrogen-bond acceptors (Lipinski definition) is 3. The Morgan fingerprint density at radius 3 is 2.88 bits per heavy atom. The van der Waals surface area contributed by atoms with Gasteiger partial charge in [-0.2, -0.15) is 0 Å². The maximum absolute atomic E-state index is 11.5. The van der Waals surface area contributed by atoms with Gasteiger partial charge >= 0.3 is 0 Å². The van der Waals surface area contributed by atoms with Crippen LogP contribution in [0.1, 0.15) is 39.0 Å². The number of hydrogen-bond donors (Lipinski definition) is 0. The second-order valence-corrected chi connectivity index (χ2v) is 5.29. The number of rotatable bonds is 2. The fraction of sp³-hybridized carbons (Fsp3) is 0.923. The highest BCUT2D eigenvalue weighted by molar-refractivity contribution is 5.81. The maximum atomic E-state index is 11.5. The lowest BCUT2D eigenvalue weighted by atomic mass is 9.89. The minimum atomic E-state index is 0.233. The number of likely N-dealkylation sites (tertiary alicyclic amines) is 1. The third kappa shape index (κ3) is 2.64. The summed E-state index contributed by atoms with van der Waals surface area (Å²) >= 11 is 0. The molecule has 2 aliphatic rings. The van der Waals surface area contributed by atoms with Crippen LogP contribution in [0.3, 0.4) is 0 Å². The smallest absolute Gasteiger partial charge is 0.138 e. The number of Topliss-reactive ketones (excluding diaryl/α,β-unsaturated/α-hetero) is 1. The molecular formula is C13H23NO2. The minimum absolute atomic E-state index is 0.233. The summed E-state index contributed by atoms with van der Waals surface area (Å²) in [5.41, 5.74) is 0. The molecule has 1 heterocycles. The summed E-state index contributed by atoms with van der Waals surface area (Å²) in [6.45, 7) is 3.98. The van der Waals surface area contributed by atoms with Crippen molar-refractivity contribution in [2.24, 2.45) is 5.92 Å². The summed E-state index contributed by atoms with van der Waals surface area (Å²) in [5.74, 6) is 0.673. The maximum Gasteiger partial charge on any atom is 0.138 e. The van der Waals surface area contributed by atoms with Crippen LogP contribution in [0.4, 0.5) is 0 Å². The topological polar surface area (TPSA) is 29.5 Å². The van der Waals surface area contributed by atoms with E-state index in [-0.39, 0.29) is 5.92 Å². The molecule has 16 heavy (non-hydrogen) atoms. The predicted molar refractivity (Wildman–Crippen MR) is 63.4 cm³/mol. The van der Waals surface area contributed by atoms with Crippen LogP contribution in [0.25, 0.3) is 0 Å². The summed E-state index contributed by atoms with van der Waals surface area (Å²) in [6.07, 6.45) is 6.08. The Labute approximate surface area is 98.1 Å². The minimum Gasteiger partial charge on any atom is -0.381 e. The molecule has 0 aromatic carbocycles. The molecule has 1 aliphatic carbocycles. The van der Waals surface area contributed by atoms with Crippen LogP contribution in [0.2, 0.25) is 0 Å². The van der Waals surface area contributed by atoms with Crippen LogP contribution < -0.4 is 0 Å². The molecule has 0 amide bonds. The molecule has 3 atom stereocenters. The SMILES string of the molecule is COC1CCCC(N2CCC(=O)C(C)C2)C1. The molecule has 0 radical (unpaired) electrons. The van der Waals surface area contributed by atoms with Crippen molar-refractivity contribution in [2.75, 3.05) is 20.2 Å². The number of ketones is 1. The van der Waals surface area contributed by atoms with Crippen molar-refractivity contribution >= 4 is 5.78 Å². The molecule has 1 aliphatic heterocycles. The molecule has 3 nitrogen and oxygen atoms in total. The summed E-state index contributed by atoms with van der Waals surface area (Å²) in [6, 6.07) is 0.647. The van der Waals surface area contributed by atoms with E-state index in [0.717, 1.165) is 25.9 Å². The molecule has 0 aromatic heterocycles. The van der Waals surface area contributed by atoms with E-state index in [4.69, 9.17) is 4.74 Å². The van der Waals surface area contributed by atoms with Gasteiger partial charge in [0.1, 0.15) is 5.78 Å². The van der Waals surface area contributed by atoms with E-state index >= 15 is 0 Å². The van der Waals surface area contributed by atoms with Crippen LogP contribution in [0.15, 0.2) is 0 Å². The lowest BCUT2D eigenvalue weighted by Gasteiger charge is -2.40. The van der Waals surface area contributed by atoms with E-state index < -0.39 is 0 Å². The number of methoxy groups -OCH3 is 1. The summed E-state index contributed by atoms with van der Waals surface area (Å²) in [7, 11) is 1.81. The largest absolute Gasteiger partial charge is 0.381 e. The van der Waals surface area contributed by atoms with Gasteiger partial charge in [0, 0.05) is 38.6 Å². The molecule has 0 bridgehead atoms. The second kappa shape index (κ2) is 5.28. The van der Waals surface area contributed by atoms with Crippen molar-refractivity contribution < 1.29 is 9.53 Å². The van der Waals surface area contributed by atoms with Gasteiger partial charge in [0.2, 0.25) is 0 Å². The van der Waals surface area contributed by atoms with E-state index in [1.54, 1.807) is 0 Å². The Morgan fingerprint density at radius 2 is 2.19 bits per heavy atom. The average Bonchev–Trinajstić information content (AvgIpc) is 2.33. The average molecular weight is 225 g/mol. The Balaban J connectivity index is 1.89. The summed E-state index contributed by atoms with van der Waals surface area (Å²) in [4.78, 5) is 14.0. The monoisotopic (exact) mass is 225 g/mol. The van der Waals surface area contributed by atoms with Gasteiger partial charge in [-0.15, -0.1) is 0 Å². The zero-order chi connectivity index (χ0) is 11.5. The van der Waals surface area contributed by atoms with Gasteiger partial charge in [0.25, 0.3) is 0 Å². The van der Waals surface area contributed by atoms with Crippen molar-refractivity contribution in [2.45, 2.75) is 51.2 Å². The summed E-state index contributed by atoms with van der Waals surface area (Å²) < 4.78 is 5.47. The highest BCUT2D eigenvalue weighted by Crippen LogP contribution is 2.27. The fourth-order valence-electron chi connectivity index (χ4n) is 3.04. The molecule has 3 heteroatoms. The highest BCUT2D eigenvalue weighted by atomic mass is 16.5. The Kier molecular flexibility index (Phi) is 3.98. The van der Waals surface area contributed by atoms with E-state index in [9.17, 15) is 4.79 Å². The molecule has 1 saturated carbocycles. The molecule has 0 N–H and O–H groups in total. The fourth-order valence-corrected chi connectivity index (χ4v) is 3.04. The third-order valence-corrected chi connectivity index (χ3v) is 4.15. The zero-order valence-corrected chi connectivity index (χ0v) is 10.4. The van der Waals surface area contributed by atoms with E-state index in [1.165, 1.54) is 19.3 Å². The normalized spacial score (nSPS) is 37.6. The Morgan fingerprint density at radius 1 is 1.38 bits per heavy atom. The standard InChI is InChI=1S/C13H23NO2/c1-10-9-14(7-6-13(10)15)11-4-3-5-12(8-11)16-2/h10-12H,3-9H2,1-2H3. The van der Waals surface area contributed by atoms with Gasteiger partial charge in [-0.3, -0.25) is 9.69 Å². The van der Waals surface area contributed by atoms with Crippen molar-refractivity contribution in [1.29, 1.82) is 0 Å². The lowest BCUT2D eigenvalue weighted by Crippen LogP contribution is -2.47. The molecule has 92 valence electrons. The van der Waals surface area contributed by atoms with Gasteiger partial charge in [-0.25, -0.2) is 0 Å². The van der Waals surface area contributed by atoms with Crippen molar-refractivity contribution in [3.8, 4) is 0 Å². The van der Waals surface area contributed by atoms with Gasteiger partial charge in [0.05, 0.1) is 6.10 Å². The van der Waals surface area contributed by atoms with E-state index in [2.05, 4.69) is 11.8 Å². The Bertz CT molecular complexity index is 254. The number of ether oxygens (including phenoxy) is 1. The highest BCUT2D eigenvalue weighted by Gasteiger charge is 2.31. The molecule has 0 spiro atoms. The van der Waals surface area contributed by atoms with Crippen LogP contribution in [-0.4, -0.2) is 43.0 Å². The lowest BCUT2D eigenvalue weighted by molar-refractivity contribution is -0.126. The van der Waals surface area contributed by atoms with Crippen molar-refractivity contribution in [3.63, 3.8) is 0 Å². The van der Waals surface area contributed by atoms with Gasteiger partial charge in [0.15, 0.2) is 0 Å². The first-order valence-electron chi connectivity index (χ1n) is 6.50. The van der Waals surface area contributed by atoms with Crippen LogP contribution >= 0.6 is 0 Å². The number of piperidine rings is 1. The van der Waals surface area contributed by atoms with Gasteiger partial charge in [-0.05, 0) is 25.7 Å². The first-order chi connectivity index (χ1) is 7.70. The molecule has 3 unspecified atom stereocenters. The van der Waals surface area contributed by atoms with Crippen molar-refractivity contribution in [3.05, 3.63) is 0 Å². The zero-order valence-electron chi connectivity index (χ0n) is 10.4. The first kappa shape index (κ1) is 12.1. The molecule has 1 saturated heterocycles. The van der Waals surface area contributed by atoms with E-state index in [0.29, 0.717) is 17.9 Å². The number of carbonyl (C=O) groups is 1. The first-order valence-corrected chi connectivity index (χ1v) is 6.50. The molecule has 2 fully saturated rings. The van der Waals surface area contributed by atoms with Crippen LogP contribution in [0.5, 0.6) is 0 Å².